The van der Waals surface area contributed by atoms with Gasteiger partial charge in [0, 0.05) is 12.2 Å². The van der Waals surface area contributed by atoms with E-state index < -0.39 is 6.10 Å². The van der Waals surface area contributed by atoms with Crippen molar-refractivity contribution in [2.45, 2.75) is 56.7 Å². The minimum atomic E-state index is -0.397. The Morgan fingerprint density at radius 2 is 2.11 bits per heavy atom. The fourth-order valence-electron chi connectivity index (χ4n) is 3.60. The van der Waals surface area contributed by atoms with Crippen LogP contribution in [0.4, 0.5) is 0 Å². The van der Waals surface area contributed by atoms with Crippen molar-refractivity contribution in [1.29, 1.82) is 0 Å². The Kier molecular flexibility index (Phi) is 3.44. The summed E-state index contributed by atoms with van der Waals surface area (Å²) >= 11 is 0. The standard InChI is InChI=1S/C15H22O3/c16-14(13-4-8-17-11-13)12-5-9-18-15(10-12)6-2-1-3-7-15/h4,8,11-12,14,16H,1-3,5-7,9-10H2. The first-order valence-electron chi connectivity index (χ1n) is 7.13. The third kappa shape index (κ3) is 2.34. The first-order valence-corrected chi connectivity index (χ1v) is 7.13. The van der Waals surface area contributed by atoms with Gasteiger partial charge in [0.25, 0.3) is 0 Å². The summed E-state index contributed by atoms with van der Waals surface area (Å²) in [6, 6.07) is 1.87. The number of aliphatic hydroxyl groups excluding tert-OH is 1. The van der Waals surface area contributed by atoms with Gasteiger partial charge in [-0.1, -0.05) is 19.3 Å². The smallest absolute Gasteiger partial charge is 0.0960 e. The van der Waals surface area contributed by atoms with Crippen molar-refractivity contribution in [2.24, 2.45) is 5.92 Å². The monoisotopic (exact) mass is 250 g/mol. The zero-order chi connectivity index (χ0) is 12.4. The van der Waals surface area contributed by atoms with E-state index in [2.05, 4.69) is 0 Å². The molecule has 3 rings (SSSR count). The first kappa shape index (κ1) is 12.2. The van der Waals surface area contributed by atoms with Crippen LogP contribution in [0, 0.1) is 5.92 Å². The maximum Gasteiger partial charge on any atom is 0.0960 e. The molecule has 1 aromatic heterocycles. The van der Waals surface area contributed by atoms with Gasteiger partial charge in [-0.2, -0.15) is 0 Å². The highest BCUT2D eigenvalue weighted by Crippen LogP contribution is 2.44. The molecule has 0 radical (unpaired) electrons. The molecule has 0 bridgehead atoms. The molecule has 2 aliphatic rings. The van der Waals surface area contributed by atoms with Crippen molar-refractivity contribution in [3.63, 3.8) is 0 Å². The Balaban J connectivity index is 1.70. The lowest BCUT2D eigenvalue weighted by Gasteiger charge is -2.44. The summed E-state index contributed by atoms with van der Waals surface area (Å²) in [5, 5.41) is 10.4. The molecule has 18 heavy (non-hydrogen) atoms. The molecule has 2 heterocycles. The quantitative estimate of drug-likeness (QED) is 0.874. The molecule has 1 saturated heterocycles. The molecule has 1 aromatic rings. The zero-order valence-electron chi connectivity index (χ0n) is 10.8. The largest absolute Gasteiger partial charge is 0.472 e. The van der Waals surface area contributed by atoms with E-state index in [-0.39, 0.29) is 5.60 Å². The highest BCUT2D eigenvalue weighted by atomic mass is 16.5. The van der Waals surface area contributed by atoms with Crippen LogP contribution in [0.5, 0.6) is 0 Å². The molecule has 3 heteroatoms. The van der Waals surface area contributed by atoms with E-state index in [0.717, 1.165) is 25.0 Å². The third-order valence-corrected chi connectivity index (χ3v) is 4.63. The Morgan fingerprint density at radius 3 is 2.83 bits per heavy atom. The van der Waals surface area contributed by atoms with Gasteiger partial charge in [-0.05, 0) is 37.7 Å². The van der Waals surface area contributed by atoms with Gasteiger partial charge in [-0.25, -0.2) is 0 Å². The summed E-state index contributed by atoms with van der Waals surface area (Å²) in [4.78, 5) is 0. The van der Waals surface area contributed by atoms with Crippen LogP contribution in [0.1, 0.15) is 56.6 Å². The molecule has 0 amide bonds. The SMILES string of the molecule is OC(c1ccoc1)C1CCOC2(CCCCC2)C1. The summed E-state index contributed by atoms with van der Waals surface area (Å²) in [6.45, 7) is 0.791. The Hall–Kier alpha value is -0.800. The van der Waals surface area contributed by atoms with Crippen molar-refractivity contribution < 1.29 is 14.3 Å². The number of hydrogen-bond donors (Lipinski definition) is 1. The normalized spacial score (nSPS) is 29.3. The molecule has 2 unspecified atom stereocenters. The van der Waals surface area contributed by atoms with Crippen LogP contribution in [0.15, 0.2) is 23.0 Å². The number of ether oxygens (including phenoxy) is 1. The van der Waals surface area contributed by atoms with Gasteiger partial charge in [0.15, 0.2) is 0 Å². The van der Waals surface area contributed by atoms with Crippen LogP contribution < -0.4 is 0 Å². The second kappa shape index (κ2) is 5.06. The lowest BCUT2D eigenvalue weighted by atomic mass is 9.74. The average molecular weight is 250 g/mol. The van der Waals surface area contributed by atoms with Crippen molar-refractivity contribution in [1.82, 2.24) is 0 Å². The molecule has 1 aliphatic heterocycles. The van der Waals surface area contributed by atoms with Gasteiger partial charge in [-0.15, -0.1) is 0 Å². The molecule has 3 nitrogen and oxygen atoms in total. The minimum absolute atomic E-state index is 0.0614. The second-order valence-electron chi connectivity index (χ2n) is 5.85. The zero-order valence-corrected chi connectivity index (χ0v) is 10.8. The van der Waals surface area contributed by atoms with E-state index in [9.17, 15) is 5.11 Å². The van der Waals surface area contributed by atoms with Crippen LogP contribution in [-0.2, 0) is 4.74 Å². The van der Waals surface area contributed by atoms with E-state index in [1.807, 2.05) is 6.07 Å². The Bertz CT molecular complexity index is 360. The third-order valence-electron chi connectivity index (χ3n) is 4.63. The topological polar surface area (TPSA) is 42.6 Å². The predicted molar refractivity (Wildman–Crippen MR) is 68.2 cm³/mol. The van der Waals surface area contributed by atoms with E-state index in [0.29, 0.717) is 5.92 Å². The highest BCUT2D eigenvalue weighted by molar-refractivity contribution is 5.11. The number of hydrogen-bond acceptors (Lipinski definition) is 3. The number of aliphatic hydroxyl groups is 1. The van der Waals surface area contributed by atoms with Crippen molar-refractivity contribution in [2.75, 3.05) is 6.61 Å². The average Bonchev–Trinajstić information content (AvgIpc) is 2.93. The fourth-order valence-corrected chi connectivity index (χ4v) is 3.60. The lowest BCUT2D eigenvalue weighted by molar-refractivity contribution is -0.134. The van der Waals surface area contributed by atoms with Gasteiger partial charge in [0.05, 0.1) is 24.2 Å². The minimum Gasteiger partial charge on any atom is -0.472 e. The highest BCUT2D eigenvalue weighted by Gasteiger charge is 2.40. The maximum absolute atomic E-state index is 10.4. The molecule has 100 valence electrons. The lowest BCUT2D eigenvalue weighted by Crippen LogP contribution is -2.42. The molecule has 2 fully saturated rings. The van der Waals surface area contributed by atoms with E-state index >= 15 is 0 Å². The van der Waals surface area contributed by atoms with Crippen LogP contribution >= 0.6 is 0 Å². The second-order valence-corrected chi connectivity index (χ2v) is 5.85. The summed E-state index contributed by atoms with van der Waals surface area (Å²) < 4.78 is 11.1. The fraction of sp³-hybridized carbons (Fsp3) is 0.733. The van der Waals surface area contributed by atoms with Crippen molar-refractivity contribution in [3.8, 4) is 0 Å². The van der Waals surface area contributed by atoms with E-state index in [4.69, 9.17) is 9.15 Å². The Morgan fingerprint density at radius 1 is 1.28 bits per heavy atom. The molecule has 1 N–H and O–H groups in total. The van der Waals surface area contributed by atoms with Crippen LogP contribution in [-0.4, -0.2) is 17.3 Å². The van der Waals surface area contributed by atoms with Gasteiger partial charge in [0.2, 0.25) is 0 Å². The molecule has 1 spiro atoms. The summed E-state index contributed by atoms with van der Waals surface area (Å²) in [5.74, 6) is 0.314. The van der Waals surface area contributed by atoms with Gasteiger partial charge in [-0.3, -0.25) is 0 Å². The van der Waals surface area contributed by atoms with Crippen LogP contribution in [0.3, 0.4) is 0 Å². The first-order chi connectivity index (χ1) is 8.79. The number of furan rings is 1. The Labute approximate surface area is 108 Å². The van der Waals surface area contributed by atoms with Gasteiger partial charge < -0.3 is 14.3 Å². The van der Waals surface area contributed by atoms with Gasteiger partial charge in [0.1, 0.15) is 0 Å². The summed E-state index contributed by atoms with van der Waals surface area (Å²) in [6.07, 6.45) is 11.1. The molecular weight excluding hydrogens is 228 g/mol. The molecular formula is C15H22O3. The molecule has 2 atom stereocenters. The van der Waals surface area contributed by atoms with Crippen molar-refractivity contribution >= 4 is 0 Å². The van der Waals surface area contributed by atoms with E-state index in [1.54, 1.807) is 12.5 Å². The predicted octanol–water partition coefficient (Wildman–Crippen LogP) is 3.44. The number of rotatable bonds is 2. The molecule has 0 aromatic carbocycles. The molecule has 1 saturated carbocycles. The van der Waals surface area contributed by atoms with E-state index in [1.165, 1.54) is 32.1 Å². The maximum atomic E-state index is 10.4. The summed E-state index contributed by atoms with van der Waals surface area (Å²) in [7, 11) is 0. The summed E-state index contributed by atoms with van der Waals surface area (Å²) in [5.41, 5.74) is 0.971. The van der Waals surface area contributed by atoms with Crippen LogP contribution in [0.2, 0.25) is 0 Å². The van der Waals surface area contributed by atoms with Crippen LogP contribution in [0.25, 0.3) is 0 Å². The van der Waals surface area contributed by atoms with Crippen molar-refractivity contribution in [3.05, 3.63) is 24.2 Å². The molecule has 1 aliphatic carbocycles. The van der Waals surface area contributed by atoms with Gasteiger partial charge >= 0.3 is 0 Å².